The number of rotatable bonds is 3. The molecule has 1 saturated heterocycles. The van der Waals surface area contributed by atoms with Crippen LogP contribution in [0.15, 0.2) is 35.4 Å². The minimum atomic E-state index is -3.83. The van der Waals surface area contributed by atoms with Crippen LogP contribution in [-0.2, 0) is 19.6 Å². The third-order valence-corrected chi connectivity index (χ3v) is 5.22. The molecule has 1 aromatic heterocycles. The van der Waals surface area contributed by atoms with E-state index in [0.29, 0.717) is 17.3 Å². The first kappa shape index (κ1) is 14.9. The SMILES string of the molecule is Cc1ccc(S(=O)(=O)N[C@@H]2C[C@H](C)OC2=O)c2cccnc12. The first-order valence-corrected chi connectivity index (χ1v) is 8.44. The van der Waals surface area contributed by atoms with E-state index in [-0.39, 0.29) is 11.0 Å². The highest BCUT2D eigenvalue weighted by atomic mass is 32.2. The van der Waals surface area contributed by atoms with Crippen LogP contribution in [0.2, 0.25) is 0 Å². The third-order valence-electron chi connectivity index (χ3n) is 3.69. The molecule has 1 fully saturated rings. The lowest BCUT2D eigenvalue weighted by Gasteiger charge is -2.12. The van der Waals surface area contributed by atoms with E-state index in [1.54, 1.807) is 31.3 Å². The maximum atomic E-state index is 12.6. The molecule has 0 spiro atoms. The fourth-order valence-corrected chi connectivity index (χ4v) is 4.02. The van der Waals surface area contributed by atoms with Gasteiger partial charge in [-0.25, -0.2) is 8.42 Å². The second-order valence-corrected chi connectivity index (χ2v) is 7.12. The molecule has 0 unspecified atom stereocenters. The van der Waals surface area contributed by atoms with Gasteiger partial charge in [0, 0.05) is 18.0 Å². The molecule has 2 aromatic rings. The normalized spacial score (nSPS) is 22.0. The van der Waals surface area contributed by atoms with E-state index in [0.717, 1.165) is 5.56 Å². The van der Waals surface area contributed by atoms with Gasteiger partial charge < -0.3 is 4.74 Å². The zero-order valence-corrected chi connectivity index (χ0v) is 13.1. The lowest BCUT2D eigenvalue weighted by molar-refractivity contribution is -0.142. The van der Waals surface area contributed by atoms with E-state index >= 15 is 0 Å². The zero-order valence-electron chi connectivity index (χ0n) is 12.2. The molecule has 1 N–H and O–H groups in total. The van der Waals surface area contributed by atoms with Gasteiger partial charge in [-0.05, 0) is 37.6 Å². The largest absolute Gasteiger partial charge is 0.461 e. The standard InChI is InChI=1S/C15H16N2O4S/c1-9-5-6-13(11-4-3-7-16-14(9)11)22(19,20)17-12-8-10(2)21-15(12)18/h3-7,10,12,17H,8H2,1-2H3/t10-,12+/m0/s1. The number of sulfonamides is 1. The van der Waals surface area contributed by atoms with Gasteiger partial charge in [0.1, 0.15) is 12.1 Å². The highest BCUT2D eigenvalue weighted by molar-refractivity contribution is 7.89. The molecule has 22 heavy (non-hydrogen) atoms. The number of ether oxygens (including phenoxy) is 1. The van der Waals surface area contributed by atoms with Gasteiger partial charge in [0.2, 0.25) is 10.0 Å². The van der Waals surface area contributed by atoms with Crippen molar-refractivity contribution in [3.8, 4) is 0 Å². The van der Waals surface area contributed by atoms with Crippen LogP contribution in [0.4, 0.5) is 0 Å². The average molecular weight is 320 g/mol. The number of aryl methyl sites for hydroxylation is 1. The maximum absolute atomic E-state index is 12.6. The topological polar surface area (TPSA) is 85.4 Å². The van der Waals surface area contributed by atoms with Gasteiger partial charge in [-0.3, -0.25) is 9.78 Å². The Kier molecular flexibility index (Phi) is 3.62. The van der Waals surface area contributed by atoms with E-state index in [1.807, 2.05) is 6.92 Å². The molecule has 0 amide bonds. The monoisotopic (exact) mass is 320 g/mol. The zero-order chi connectivity index (χ0) is 15.9. The molecule has 1 aliphatic heterocycles. The van der Waals surface area contributed by atoms with Crippen LogP contribution in [-0.4, -0.2) is 31.5 Å². The van der Waals surface area contributed by atoms with Gasteiger partial charge in [0.25, 0.3) is 0 Å². The van der Waals surface area contributed by atoms with Gasteiger partial charge in [0.05, 0.1) is 10.4 Å². The summed E-state index contributed by atoms with van der Waals surface area (Å²) in [6.45, 7) is 3.60. The number of carbonyl (C=O) groups is 1. The van der Waals surface area contributed by atoms with Crippen molar-refractivity contribution in [2.24, 2.45) is 0 Å². The fraction of sp³-hybridized carbons (Fsp3) is 0.333. The first-order valence-electron chi connectivity index (χ1n) is 6.95. The van der Waals surface area contributed by atoms with E-state index in [2.05, 4.69) is 9.71 Å². The Bertz CT molecular complexity index is 848. The molecule has 2 heterocycles. The maximum Gasteiger partial charge on any atom is 0.324 e. The van der Waals surface area contributed by atoms with E-state index in [1.165, 1.54) is 6.07 Å². The lowest BCUT2D eigenvalue weighted by atomic mass is 10.1. The molecular formula is C15H16N2O4S. The Morgan fingerprint density at radius 2 is 2.09 bits per heavy atom. The predicted octanol–water partition coefficient (Wildman–Crippen LogP) is 1.53. The van der Waals surface area contributed by atoms with Gasteiger partial charge in [-0.1, -0.05) is 6.07 Å². The van der Waals surface area contributed by atoms with Gasteiger partial charge >= 0.3 is 5.97 Å². The Morgan fingerprint density at radius 3 is 2.77 bits per heavy atom. The second kappa shape index (κ2) is 5.33. The molecule has 1 aliphatic rings. The van der Waals surface area contributed by atoms with Crippen molar-refractivity contribution in [3.05, 3.63) is 36.0 Å². The van der Waals surface area contributed by atoms with Crippen LogP contribution in [0.5, 0.6) is 0 Å². The smallest absolute Gasteiger partial charge is 0.324 e. The number of hydrogen-bond acceptors (Lipinski definition) is 5. The van der Waals surface area contributed by atoms with Crippen molar-refractivity contribution in [2.75, 3.05) is 0 Å². The molecule has 3 rings (SSSR count). The molecule has 6 nitrogen and oxygen atoms in total. The van der Waals surface area contributed by atoms with Crippen molar-refractivity contribution in [3.63, 3.8) is 0 Å². The number of carbonyl (C=O) groups excluding carboxylic acids is 1. The molecule has 0 aliphatic carbocycles. The Labute approximate surface area is 128 Å². The number of hydrogen-bond donors (Lipinski definition) is 1. The number of fused-ring (bicyclic) bond motifs is 1. The summed E-state index contributed by atoms with van der Waals surface area (Å²) in [7, 11) is -3.83. The van der Waals surface area contributed by atoms with E-state index < -0.39 is 22.0 Å². The third kappa shape index (κ3) is 2.57. The average Bonchev–Trinajstić information content (AvgIpc) is 2.76. The number of pyridine rings is 1. The summed E-state index contributed by atoms with van der Waals surface area (Å²) in [5, 5.41) is 0.536. The van der Waals surface area contributed by atoms with Crippen LogP contribution in [0.1, 0.15) is 18.9 Å². The van der Waals surface area contributed by atoms with Crippen LogP contribution in [0.25, 0.3) is 10.9 Å². The number of nitrogens with one attached hydrogen (secondary N) is 1. The summed E-state index contributed by atoms with van der Waals surface area (Å²) in [6.07, 6.45) is 1.67. The quantitative estimate of drug-likeness (QED) is 0.867. The van der Waals surface area contributed by atoms with Crippen molar-refractivity contribution in [1.82, 2.24) is 9.71 Å². The molecule has 2 atom stereocenters. The molecule has 7 heteroatoms. The van der Waals surface area contributed by atoms with E-state index in [4.69, 9.17) is 4.74 Å². The first-order chi connectivity index (χ1) is 10.4. The van der Waals surface area contributed by atoms with Crippen LogP contribution in [0.3, 0.4) is 0 Å². The summed E-state index contributed by atoms with van der Waals surface area (Å²) in [5.41, 5.74) is 1.52. The number of aromatic nitrogens is 1. The van der Waals surface area contributed by atoms with Crippen molar-refractivity contribution in [1.29, 1.82) is 0 Å². The van der Waals surface area contributed by atoms with Crippen molar-refractivity contribution < 1.29 is 17.9 Å². The Hall–Kier alpha value is -1.99. The van der Waals surface area contributed by atoms with Crippen LogP contribution >= 0.6 is 0 Å². The molecule has 0 bridgehead atoms. The second-order valence-electron chi connectivity index (χ2n) is 5.44. The summed E-state index contributed by atoms with van der Waals surface area (Å²) < 4.78 is 32.7. The molecule has 0 saturated carbocycles. The molecule has 116 valence electrons. The molecule has 1 aromatic carbocycles. The minimum Gasteiger partial charge on any atom is -0.461 e. The Morgan fingerprint density at radius 1 is 1.32 bits per heavy atom. The summed E-state index contributed by atoms with van der Waals surface area (Å²) in [4.78, 5) is 16.0. The van der Waals surface area contributed by atoms with Gasteiger partial charge in [-0.15, -0.1) is 0 Å². The van der Waals surface area contributed by atoms with Crippen LogP contribution < -0.4 is 4.72 Å². The van der Waals surface area contributed by atoms with Crippen molar-refractivity contribution in [2.45, 2.75) is 37.3 Å². The Balaban J connectivity index is 2.03. The summed E-state index contributed by atoms with van der Waals surface area (Å²) >= 11 is 0. The van der Waals surface area contributed by atoms with Crippen molar-refractivity contribution >= 4 is 26.9 Å². The number of cyclic esters (lactones) is 1. The summed E-state index contributed by atoms with van der Waals surface area (Å²) in [5.74, 6) is -0.536. The minimum absolute atomic E-state index is 0.119. The highest BCUT2D eigenvalue weighted by Gasteiger charge is 2.35. The fourth-order valence-electron chi connectivity index (χ4n) is 2.63. The van der Waals surface area contributed by atoms with Crippen LogP contribution in [0, 0.1) is 6.92 Å². The predicted molar refractivity (Wildman–Crippen MR) is 80.8 cm³/mol. The number of nitrogens with zero attached hydrogens (tertiary/aromatic N) is 1. The lowest BCUT2D eigenvalue weighted by Crippen LogP contribution is -2.38. The van der Waals surface area contributed by atoms with E-state index in [9.17, 15) is 13.2 Å². The number of esters is 1. The van der Waals surface area contributed by atoms with Gasteiger partial charge in [-0.2, -0.15) is 4.72 Å². The number of benzene rings is 1. The molecular weight excluding hydrogens is 304 g/mol. The molecule has 0 radical (unpaired) electrons. The van der Waals surface area contributed by atoms with Gasteiger partial charge in [0.15, 0.2) is 0 Å². The summed E-state index contributed by atoms with van der Waals surface area (Å²) in [6, 6.07) is 5.80. The highest BCUT2D eigenvalue weighted by Crippen LogP contribution is 2.25.